The molecule has 1 aliphatic rings. The molecule has 1 aliphatic carbocycles. The van der Waals surface area contributed by atoms with Gasteiger partial charge in [-0.3, -0.25) is 4.79 Å². The third-order valence-electron chi connectivity index (χ3n) is 6.06. The van der Waals surface area contributed by atoms with Crippen molar-refractivity contribution < 1.29 is 4.79 Å². The lowest BCUT2D eigenvalue weighted by molar-refractivity contribution is 0.0749. The second kappa shape index (κ2) is 8.34. The lowest BCUT2D eigenvalue weighted by Crippen LogP contribution is -2.35. The van der Waals surface area contributed by atoms with Gasteiger partial charge in [-0.2, -0.15) is 0 Å². The number of nitrogens with zero attached hydrogens (tertiary/aromatic N) is 3. The predicted octanol–water partition coefficient (Wildman–Crippen LogP) is 5.03. The van der Waals surface area contributed by atoms with Crippen LogP contribution in [-0.4, -0.2) is 38.8 Å². The first kappa shape index (κ1) is 19.5. The molecule has 0 spiro atoms. The highest BCUT2D eigenvalue weighted by Gasteiger charge is 2.29. The molecule has 0 bridgehead atoms. The lowest BCUT2D eigenvalue weighted by Gasteiger charge is -2.23. The summed E-state index contributed by atoms with van der Waals surface area (Å²) in [5, 5.41) is 1.23. The minimum Gasteiger partial charge on any atom is -0.361 e. The van der Waals surface area contributed by atoms with E-state index in [1.54, 1.807) is 6.20 Å². The van der Waals surface area contributed by atoms with Crippen molar-refractivity contribution in [2.24, 2.45) is 5.92 Å². The van der Waals surface area contributed by atoms with Gasteiger partial charge in [0.15, 0.2) is 0 Å². The van der Waals surface area contributed by atoms with Crippen LogP contribution in [0.2, 0.25) is 0 Å². The Morgan fingerprint density at radius 3 is 2.74 bits per heavy atom. The lowest BCUT2D eigenvalue weighted by atomic mass is 10.0. The van der Waals surface area contributed by atoms with Crippen molar-refractivity contribution in [3.05, 3.63) is 83.9 Å². The van der Waals surface area contributed by atoms with Crippen LogP contribution in [-0.2, 0) is 6.42 Å². The monoisotopic (exact) mass is 410 g/mol. The molecule has 1 N–H and O–H groups in total. The van der Waals surface area contributed by atoms with Crippen LogP contribution in [0, 0.1) is 12.8 Å². The highest BCUT2D eigenvalue weighted by atomic mass is 16.2. The summed E-state index contributed by atoms with van der Waals surface area (Å²) in [6.07, 6.45) is 8.46. The minimum absolute atomic E-state index is 0.0166. The molecule has 156 valence electrons. The SMILES string of the molecule is Cc1ccc(-c2ncncc2C(=O)N(CCc2c[nH]c3ccccc23)CC2CC2)cc1. The van der Waals surface area contributed by atoms with Crippen LogP contribution in [0.1, 0.15) is 34.3 Å². The first-order valence-electron chi connectivity index (χ1n) is 10.9. The molecule has 1 amide bonds. The fraction of sp³-hybridized carbons (Fsp3) is 0.269. The van der Waals surface area contributed by atoms with Crippen LogP contribution < -0.4 is 0 Å². The Balaban J connectivity index is 1.41. The first-order valence-corrected chi connectivity index (χ1v) is 10.9. The fourth-order valence-electron chi connectivity index (χ4n) is 4.08. The summed E-state index contributed by atoms with van der Waals surface area (Å²) in [4.78, 5) is 27.6. The molecular weight excluding hydrogens is 384 g/mol. The maximum Gasteiger partial charge on any atom is 0.257 e. The normalized spacial score (nSPS) is 13.5. The van der Waals surface area contributed by atoms with Gasteiger partial charge in [0.05, 0.1) is 11.3 Å². The van der Waals surface area contributed by atoms with Crippen LogP contribution in [0.3, 0.4) is 0 Å². The van der Waals surface area contributed by atoms with Crippen molar-refractivity contribution in [3.63, 3.8) is 0 Å². The summed E-state index contributed by atoms with van der Waals surface area (Å²) < 4.78 is 0. The number of nitrogens with one attached hydrogen (secondary N) is 1. The quantitative estimate of drug-likeness (QED) is 0.465. The third kappa shape index (κ3) is 4.22. The number of hydrogen-bond acceptors (Lipinski definition) is 3. The Bertz CT molecular complexity index is 1210. The van der Waals surface area contributed by atoms with Crippen LogP contribution in [0.4, 0.5) is 0 Å². The zero-order valence-corrected chi connectivity index (χ0v) is 17.7. The topological polar surface area (TPSA) is 61.9 Å². The molecule has 4 aromatic rings. The van der Waals surface area contributed by atoms with Gasteiger partial charge < -0.3 is 9.88 Å². The van der Waals surface area contributed by atoms with Crippen LogP contribution in [0.25, 0.3) is 22.2 Å². The smallest absolute Gasteiger partial charge is 0.257 e. The van der Waals surface area contributed by atoms with Gasteiger partial charge in [-0.05, 0) is 43.7 Å². The minimum atomic E-state index is 0.0166. The maximum absolute atomic E-state index is 13.6. The maximum atomic E-state index is 13.6. The Morgan fingerprint density at radius 1 is 1.13 bits per heavy atom. The standard InChI is InChI=1S/C26H26N4O/c1-18-6-10-20(11-7-18)25-23(15-27-17-29-25)26(31)30(16-19-8-9-19)13-12-21-14-28-24-5-3-2-4-22(21)24/h2-7,10-11,14-15,17,19,28H,8-9,12-13,16H2,1H3. The molecule has 2 aromatic heterocycles. The summed E-state index contributed by atoms with van der Waals surface area (Å²) in [5.74, 6) is 0.627. The van der Waals surface area contributed by atoms with Crippen LogP contribution >= 0.6 is 0 Å². The van der Waals surface area contributed by atoms with E-state index in [4.69, 9.17) is 0 Å². The number of hydrogen-bond donors (Lipinski definition) is 1. The molecule has 31 heavy (non-hydrogen) atoms. The molecule has 5 heteroatoms. The summed E-state index contributed by atoms with van der Waals surface area (Å²) in [5.41, 5.74) is 5.78. The highest BCUT2D eigenvalue weighted by Crippen LogP contribution is 2.31. The van der Waals surface area contributed by atoms with Crippen LogP contribution in [0.15, 0.2) is 67.3 Å². The fourth-order valence-corrected chi connectivity index (χ4v) is 4.08. The number of para-hydroxylation sites is 1. The first-order chi connectivity index (χ1) is 15.2. The number of H-pyrrole nitrogens is 1. The van der Waals surface area contributed by atoms with E-state index in [0.29, 0.717) is 23.7 Å². The average molecular weight is 411 g/mol. The Morgan fingerprint density at radius 2 is 1.94 bits per heavy atom. The van der Waals surface area contributed by atoms with E-state index in [-0.39, 0.29) is 5.91 Å². The van der Waals surface area contributed by atoms with Crippen molar-refractivity contribution in [2.45, 2.75) is 26.2 Å². The molecule has 2 heterocycles. The number of aromatic nitrogens is 3. The van der Waals surface area contributed by atoms with Crippen molar-refractivity contribution in [1.29, 1.82) is 0 Å². The molecule has 5 rings (SSSR count). The third-order valence-corrected chi connectivity index (χ3v) is 6.06. The molecule has 1 fully saturated rings. The summed E-state index contributed by atoms with van der Waals surface area (Å²) >= 11 is 0. The van der Waals surface area contributed by atoms with Crippen molar-refractivity contribution in [1.82, 2.24) is 19.9 Å². The predicted molar refractivity (Wildman–Crippen MR) is 123 cm³/mol. The van der Waals surface area contributed by atoms with Gasteiger partial charge in [0.2, 0.25) is 0 Å². The van der Waals surface area contributed by atoms with E-state index in [9.17, 15) is 4.79 Å². The highest BCUT2D eigenvalue weighted by molar-refractivity contribution is 5.99. The van der Waals surface area contributed by atoms with Crippen LogP contribution in [0.5, 0.6) is 0 Å². The van der Waals surface area contributed by atoms with E-state index < -0.39 is 0 Å². The summed E-state index contributed by atoms with van der Waals surface area (Å²) in [6, 6.07) is 16.4. The van der Waals surface area contributed by atoms with Gasteiger partial charge in [0, 0.05) is 41.9 Å². The largest absolute Gasteiger partial charge is 0.361 e. The van der Waals surface area contributed by atoms with E-state index >= 15 is 0 Å². The van der Waals surface area contributed by atoms with E-state index in [1.165, 1.54) is 35.7 Å². The number of carbonyl (C=O) groups is 1. The molecule has 0 unspecified atom stereocenters. The van der Waals surface area contributed by atoms with Gasteiger partial charge in [-0.1, -0.05) is 48.0 Å². The van der Waals surface area contributed by atoms with Gasteiger partial charge in [-0.15, -0.1) is 0 Å². The molecule has 0 radical (unpaired) electrons. The van der Waals surface area contributed by atoms with Gasteiger partial charge >= 0.3 is 0 Å². The van der Waals surface area contributed by atoms with E-state index in [1.807, 2.05) is 35.2 Å². The second-order valence-electron chi connectivity index (χ2n) is 8.46. The van der Waals surface area contributed by atoms with E-state index in [0.717, 1.165) is 24.0 Å². The number of aryl methyl sites for hydroxylation is 1. The number of rotatable bonds is 7. The Kier molecular flexibility index (Phi) is 5.24. The molecule has 0 saturated heterocycles. The van der Waals surface area contributed by atoms with Gasteiger partial charge in [0.1, 0.15) is 6.33 Å². The van der Waals surface area contributed by atoms with Crippen molar-refractivity contribution in [2.75, 3.05) is 13.1 Å². The Labute approximate surface area is 182 Å². The zero-order valence-electron chi connectivity index (χ0n) is 17.7. The van der Waals surface area contributed by atoms with E-state index in [2.05, 4.69) is 46.3 Å². The Hall–Kier alpha value is -3.47. The van der Waals surface area contributed by atoms with Gasteiger partial charge in [0.25, 0.3) is 5.91 Å². The average Bonchev–Trinajstić information content (AvgIpc) is 3.54. The van der Waals surface area contributed by atoms with Crippen molar-refractivity contribution in [3.8, 4) is 11.3 Å². The zero-order chi connectivity index (χ0) is 21.2. The number of carbonyl (C=O) groups excluding carboxylic acids is 1. The summed E-state index contributed by atoms with van der Waals surface area (Å²) in [7, 11) is 0. The molecule has 5 nitrogen and oxygen atoms in total. The molecule has 0 aliphatic heterocycles. The number of aromatic amines is 1. The second-order valence-corrected chi connectivity index (χ2v) is 8.46. The molecule has 2 aromatic carbocycles. The molecular formula is C26H26N4O. The number of amides is 1. The number of fused-ring (bicyclic) bond motifs is 1. The molecule has 1 saturated carbocycles. The number of benzene rings is 2. The molecule has 0 atom stereocenters. The van der Waals surface area contributed by atoms with Gasteiger partial charge in [-0.25, -0.2) is 9.97 Å². The summed E-state index contributed by atoms with van der Waals surface area (Å²) in [6.45, 7) is 3.53. The van der Waals surface area contributed by atoms with Crippen molar-refractivity contribution >= 4 is 16.8 Å².